The van der Waals surface area contributed by atoms with Crippen LogP contribution in [0.1, 0.15) is 30.9 Å². The van der Waals surface area contributed by atoms with E-state index in [2.05, 4.69) is 10.2 Å². The summed E-state index contributed by atoms with van der Waals surface area (Å²) in [5, 5.41) is 3.23. The van der Waals surface area contributed by atoms with Crippen molar-refractivity contribution in [2.24, 2.45) is 0 Å². The monoisotopic (exact) mass is 304 g/mol. The first-order valence-corrected chi connectivity index (χ1v) is 7.22. The van der Waals surface area contributed by atoms with E-state index >= 15 is 0 Å². The van der Waals surface area contributed by atoms with Gasteiger partial charge in [0.15, 0.2) is 0 Å². The third kappa shape index (κ3) is 4.17. The quantitative estimate of drug-likeness (QED) is 0.839. The molecule has 1 aliphatic heterocycles. The van der Waals surface area contributed by atoms with Crippen molar-refractivity contribution in [2.75, 3.05) is 19.6 Å². The normalized spacial score (nSPS) is 19.4. The Morgan fingerprint density at radius 2 is 2.10 bits per heavy atom. The second-order valence-corrected chi connectivity index (χ2v) is 5.42. The minimum atomic E-state index is -4.52. The first-order chi connectivity index (χ1) is 9.91. The van der Waals surface area contributed by atoms with Crippen LogP contribution in [0.2, 0.25) is 0 Å². The highest BCUT2D eigenvalue weighted by Gasteiger charge is 2.34. The first kappa shape index (κ1) is 16.2. The standard InChI is InChI=1S/C15H20F4N2/c1-2-7-21(13-5-6-20-9-13)10-11-3-4-12(16)8-14(11)15(17,18)19/h3-4,8,13,20H,2,5-7,9-10H2,1H3/t13-/m0/s1. The van der Waals surface area contributed by atoms with E-state index in [1.807, 2.05) is 6.92 Å². The van der Waals surface area contributed by atoms with Gasteiger partial charge in [0.25, 0.3) is 0 Å². The number of hydrogen-bond donors (Lipinski definition) is 1. The molecule has 1 atom stereocenters. The van der Waals surface area contributed by atoms with Crippen LogP contribution in [0.5, 0.6) is 0 Å². The minimum Gasteiger partial charge on any atom is -0.315 e. The smallest absolute Gasteiger partial charge is 0.315 e. The molecule has 1 heterocycles. The van der Waals surface area contributed by atoms with Gasteiger partial charge in [0, 0.05) is 19.1 Å². The fourth-order valence-electron chi connectivity index (χ4n) is 2.80. The van der Waals surface area contributed by atoms with E-state index in [0.29, 0.717) is 6.07 Å². The third-order valence-electron chi connectivity index (χ3n) is 3.81. The summed E-state index contributed by atoms with van der Waals surface area (Å²) in [6.45, 7) is 4.63. The Morgan fingerprint density at radius 3 is 2.67 bits per heavy atom. The molecule has 0 aromatic heterocycles. The summed E-state index contributed by atoms with van der Waals surface area (Å²) in [6, 6.07) is 3.19. The predicted molar refractivity (Wildman–Crippen MR) is 73.4 cm³/mol. The highest BCUT2D eigenvalue weighted by molar-refractivity contribution is 5.30. The van der Waals surface area contributed by atoms with Crippen LogP contribution in [-0.4, -0.2) is 30.6 Å². The van der Waals surface area contributed by atoms with Crippen LogP contribution in [0, 0.1) is 5.82 Å². The summed E-state index contributed by atoms with van der Waals surface area (Å²) in [4.78, 5) is 2.06. The summed E-state index contributed by atoms with van der Waals surface area (Å²) in [7, 11) is 0. The van der Waals surface area contributed by atoms with Gasteiger partial charge in [-0.15, -0.1) is 0 Å². The van der Waals surface area contributed by atoms with Crippen LogP contribution < -0.4 is 5.32 Å². The Bertz CT molecular complexity index is 467. The minimum absolute atomic E-state index is 0.143. The van der Waals surface area contributed by atoms with E-state index in [-0.39, 0.29) is 18.2 Å². The molecule has 0 unspecified atom stereocenters. The number of nitrogens with one attached hydrogen (secondary N) is 1. The average molecular weight is 304 g/mol. The summed E-state index contributed by atoms with van der Waals surface area (Å²) in [5.74, 6) is -0.851. The van der Waals surface area contributed by atoms with Crippen molar-refractivity contribution in [3.63, 3.8) is 0 Å². The Balaban J connectivity index is 2.23. The maximum Gasteiger partial charge on any atom is 0.416 e. The zero-order chi connectivity index (χ0) is 15.5. The molecule has 0 bridgehead atoms. The summed E-state index contributed by atoms with van der Waals surface area (Å²) >= 11 is 0. The fourth-order valence-corrected chi connectivity index (χ4v) is 2.80. The molecule has 2 rings (SSSR count). The molecule has 0 amide bonds. The number of alkyl halides is 3. The van der Waals surface area contributed by atoms with E-state index in [1.54, 1.807) is 0 Å². The van der Waals surface area contributed by atoms with Gasteiger partial charge in [-0.05, 0) is 43.6 Å². The molecule has 1 aromatic rings. The maximum absolute atomic E-state index is 13.1. The fraction of sp³-hybridized carbons (Fsp3) is 0.600. The summed E-state index contributed by atoms with van der Waals surface area (Å²) < 4.78 is 52.3. The van der Waals surface area contributed by atoms with E-state index < -0.39 is 17.6 Å². The van der Waals surface area contributed by atoms with Crippen LogP contribution in [0.25, 0.3) is 0 Å². The SMILES string of the molecule is CCCN(Cc1ccc(F)cc1C(F)(F)F)[C@H]1CCNC1. The van der Waals surface area contributed by atoms with E-state index in [0.717, 1.165) is 38.5 Å². The van der Waals surface area contributed by atoms with Crippen molar-refractivity contribution in [1.82, 2.24) is 10.2 Å². The van der Waals surface area contributed by atoms with Crippen molar-refractivity contribution in [2.45, 2.75) is 38.5 Å². The van der Waals surface area contributed by atoms with E-state index in [1.165, 1.54) is 6.07 Å². The van der Waals surface area contributed by atoms with Gasteiger partial charge < -0.3 is 5.32 Å². The molecule has 0 aliphatic carbocycles. The largest absolute Gasteiger partial charge is 0.416 e. The molecule has 2 nitrogen and oxygen atoms in total. The number of rotatable bonds is 5. The molecule has 0 spiro atoms. The Labute approximate surface area is 122 Å². The Morgan fingerprint density at radius 1 is 1.33 bits per heavy atom. The van der Waals surface area contributed by atoms with Crippen LogP contribution >= 0.6 is 0 Å². The number of hydrogen-bond acceptors (Lipinski definition) is 2. The lowest BCUT2D eigenvalue weighted by atomic mass is 10.0. The topological polar surface area (TPSA) is 15.3 Å². The van der Waals surface area contributed by atoms with Gasteiger partial charge in [-0.1, -0.05) is 13.0 Å². The average Bonchev–Trinajstić information content (AvgIpc) is 2.93. The Hall–Kier alpha value is -1.14. The van der Waals surface area contributed by atoms with Crippen LogP contribution in [-0.2, 0) is 12.7 Å². The number of halogens is 4. The molecule has 6 heteroatoms. The second-order valence-electron chi connectivity index (χ2n) is 5.42. The number of benzene rings is 1. The Kier molecular flexibility index (Phi) is 5.22. The lowest BCUT2D eigenvalue weighted by Crippen LogP contribution is -2.37. The van der Waals surface area contributed by atoms with Crippen molar-refractivity contribution < 1.29 is 17.6 Å². The molecule has 1 saturated heterocycles. The van der Waals surface area contributed by atoms with Crippen LogP contribution in [0.4, 0.5) is 17.6 Å². The molecular formula is C15H20F4N2. The lowest BCUT2D eigenvalue weighted by molar-refractivity contribution is -0.138. The van der Waals surface area contributed by atoms with Gasteiger partial charge in [-0.2, -0.15) is 13.2 Å². The molecule has 0 saturated carbocycles. The zero-order valence-corrected chi connectivity index (χ0v) is 12.0. The van der Waals surface area contributed by atoms with Crippen molar-refractivity contribution in [3.05, 3.63) is 35.1 Å². The predicted octanol–water partition coefficient (Wildman–Crippen LogP) is 3.42. The van der Waals surface area contributed by atoms with E-state index in [9.17, 15) is 17.6 Å². The second kappa shape index (κ2) is 6.75. The first-order valence-electron chi connectivity index (χ1n) is 7.22. The molecular weight excluding hydrogens is 284 g/mol. The highest BCUT2D eigenvalue weighted by Crippen LogP contribution is 2.33. The molecule has 118 valence electrons. The maximum atomic E-state index is 13.1. The van der Waals surface area contributed by atoms with Crippen LogP contribution in [0.3, 0.4) is 0 Å². The zero-order valence-electron chi connectivity index (χ0n) is 12.0. The van der Waals surface area contributed by atoms with E-state index in [4.69, 9.17) is 0 Å². The van der Waals surface area contributed by atoms with Gasteiger partial charge in [0.2, 0.25) is 0 Å². The van der Waals surface area contributed by atoms with Gasteiger partial charge in [-0.3, -0.25) is 4.90 Å². The lowest BCUT2D eigenvalue weighted by Gasteiger charge is -2.29. The van der Waals surface area contributed by atoms with Crippen molar-refractivity contribution in [1.29, 1.82) is 0 Å². The van der Waals surface area contributed by atoms with Crippen molar-refractivity contribution >= 4 is 0 Å². The molecule has 0 radical (unpaired) electrons. The van der Waals surface area contributed by atoms with Crippen molar-refractivity contribution in [3.8, 4) is 0 Å². The number of nitrogens with zero attached hydrogens (tertiary/aromatic N) is 1. The summed E-state index contributed by atoms with van der Waals surface area (Å²) in [6.07, 6.45) is -2.72. The van der Waals surface area contributed by atoms with Gasteiger partial charge in [0.1, 0.15) is 5.82 Å². The van der Waals surface area contributed by atoms with Crippen LogP contribution in [0.15, 0.2) is 18.2 Å². The molecule has 21 heavy (non-hydrogen) atoms. The molecule has 1 N–H and O–H groups in total. The molecule has 1 fully saturated rings. The third-order valence-corrected chi connectivity index (χ3v) is 3.81. The molecule has 1 aromatic carbocycles. The van der Waals surface area contributed by atoms with Gasteiger partial charge in [-0.25, -0.2) is 4.39 Å². The summed E-state index contributed by atoms with van der Waals surface area (Å²) in [5.41, 5.74) is -0.723. The van der Waals surface area contributed by atoms with Gasteiger partial charge >= 0.3 is 6.18 Å². The molecule has 1 aliphatic rings. The van der Waals surface area contributed by atoms with Gasteiger partial charge in [0.05, 0.1) is 5.56 Å². The highest BCUT2D eigenvalue weighted by atomic mass is 19.4.